The van der Waals surface area contributed by atoms with Gasteiger partial charge in [-0.15, -0.1) is 11.8 Å². The Morgan fingerprint density at radius 2 is 2.75 bits per heavy atom. The van der Waals surface area contributed by atoms with Crippen LogP contribution in [0.15, 0.2) is 11.6 Å². The molecular formula is C7H10S. The molecule has 1 fully saturated rings. The fourth-order valence-corrected chi connectivity index (χ4v) is 2.59. The Morgan fingerprint density at radius 1 is 1.88 bits per heavy atom. The van der Waals surface area contributed by atoms with E-state index < -0.39 is 0 Å². The first-order valence-corrected chi connectivity index (χ1v) is 4.20. The molecule has 0 saturated carbocycles. The van der Waals surface area contributed by atoms with E-state index in [0.717, 1.165) is 10.5 Å². The molecule has 1 saturated heterocycles. The number of hydrogen-bond donors (Lipinski definition) is 0. The number of rotatable bonds is 1. The van der Waals surface area contributed by atoms with Gasteiger partial charge in [0, 0.05) is 10.5 Å². The summed E-state index contributed by atoms with van der Waals surface area (Å²) in [6.07, 6.45) is 5.07. The Kier molecular flexibility index (Phi) is 0.944. The monoisotopic (exact) mass is 126 g/mol. The summed E-state index contributed by atoms with van der Waals surface area (Å²) in [5.41, 5.74) is 1.71. The van der Waals surface area contributed by atoms with Crippen LogP contribution in [0.3, 0.4) is 0 Å². The molecule has 0 aromatic carbocycles. The maximum Gasteiger partial charge on any atom is 0.0382 e. The molecule has 2 rings (SSSR count). The highest BCUT2D eigenvalue weighted by Gasteiger charge is 2.43. The van der Waals surface area contributed by atoms with E-state index in [-0.39, 0.29) is 0 Å². The van der Waals surface area contributed by atoms with Gasteiger partial charge >= 0.3 is 0 Å². The number of allylic oxidation sites excluding steroid dienone is 1. The second-order valence-corrected chi connectivity index (χ2v) is 3.85. The van der Waals surface area contributed by atoms with Crippen LogP contribution in [-0.4, -0.2) is 10.5 Å². The van der Waals surface area contributed by atoms with Gasteiger partial charge in [0.15, 0.2) is 0 Å². The van der Waals surface area contributed by atoms with Crippen LogP contribution >= 0.6 is 11.8 Å². The lowest BCUT2D eigenvalue weighted by Gasteiger charge is -1.91. The van der Waals surface area contributed by atoms with Crippen molar-refractivity contribution in [3.05, 3.63) is 11.6 Å². The molecule has 0 bridgehead atoms. The number of thioether (sulfide) groups is 1. The van der Waals surface area contributed by atoms with Crippen LogP contribution in [0, 0.1) is 0 Å². The van der Waals surface area contributed by atoms with Crippen molar-refractivity contribution < 1.29 is 0 Å². The minimum atomic E-state index is 0.972. The van der Waals surface area contributed by atoms with Crippen molar-refractivity contribution >= 4 is 11.8 Å². The lowest BCUT2D eigenvalue weighted by Crippen LogP contribution is -1.85. The number of hydrogen-bond acceptors (Lipinski definition) is 1. The Morgan fingerprint density at radius 3 is 3.00 bits per heavy atom. The van der Waals surface area contributed by atoms with Gasteiger partial charge in [0.25, 0.3) is 0 Å². The first-order valence-electron chi connectivity index (χ1n) is 3.26. The predicted octanol–water partition coefficient (Wildman–Crippen LogP) is 2.21. The quantitative estimate of drug-likeness (QED) is 0.383. The SMILES string of the molecule is CCC1=CCC2SC12. The molecule has 0 aromatic rings. The highest BCUT2D eigenvalue weighted by atomic mass is 32.2. The van der Waals surface area contributed by atoms with Crippen LogP contribution in [0.5, 0.6) is 0 Å². The molecule has 1 heterocycles. The second-order valence-electron chi connectivity index (χ2n) is 2.46. The molecule has 1 heteroatoms. The molecule has 0 spiro atoms. The van der Waals surface area contributed by atoms with Gasteiger partial charge < -0.3 is 0 Å². The zero-order chi connectivity index (χ0) is 5.56. The van der Waals surface area contributed by atoms with Crippen molar-refractivity contribution in [2.45, 2.75) is 30.3 Å². The fraction of sp³-hybridized carbons (Fsp3) is 0.714. The van der Waals surface area contributed by atoms with E-state index in [1.54, 1.807) is 5.57 Å². The summed E-state index contributed by atoms with van der Waals surface area (Å²) in [5, 5.41) is 1.99. The molecular weight excluding hydrogens is 116 g/mol. The third-order valence-corrected chi connectivity index (χ3v) is 3.39. The second kappa shape index (κ2) is 1.53. The van der Waals surface area contributed by atoms with Crippen LogP contribution in [0.25, 0.3) is 0 Å². The van der Waals surface area contributed by atoms with Crippen molar-refractivity contribution in [1.82, 2.24) is 0 Å². The summed E-state index contributed by atoms with van der Waals surface area (Å²) in [6.45, 7) is 2.26. The zero-order valence-corrected chi connectivity index (χ0v) is 5.87. The minimum absolute atomic E-state index is 0.972. The number of fused-ring (bicyclic) bond motifs is 1. The lowest BCUT2D eigenvalue weighted by atomic mass is 10.2. The minimum Gasteiger partial charge on any atom is -0.148 e. The van der Waals surface area contributed by atoms with Gasteiger partial charge in [-0.25, -0.2) is 0 Å². The third-order valence-electron chi connectivity index (χ3n) is 1.97. The summed E-state index contributed by atoms with van der Waals surface area (Å²) >= 11 is 2.14. The van der Waals surface area contributed by atoms with Crippen molar-refractivity contribution in [3.63, 3.8) is 0 Å². The van der Waals surface area contributed by atoms with E-state index in [9.17, 15) is 0 Å². The fourth-order valence-electron chi connectivity index (χ4n) is 1.38. The largest absolute Gasteiger partial charge is 0.148 e. The first-order chi connectivity index (χ1) is 3.92. The molecule has 1 aliphatic heterocycles. The van der Waals surface area contributed by atoms with E-state index in [2.05, 4.69) is 24.8 Å². The summed E-state index contributed by atoms with van der Waals surface area (Å²) < 4.78 is 0. The molecule has 0 aromatic heterocycles. The Balaban J connectivity index is 2.12. The summed E-state index contributed by atoms with van der Waals surface area (Å²) in [6, 6.07) is 0. The van der Waals surface area contributed by atoms with E-state index in [4.69, 9.17) is 0 Å². The Bertz CT molecular complexity index is 137. The molecule has 0 nitrogen and oxygen atoms in total. The normalized spacial score (nSPS) is 41.4. The average molecular weight is 126 g/mol. The standard InChI is InChI=1S/C7H10S/c1-2-5-3-4-6-7(5)8-6/h3,6-7H,2,4H2,1H3. The maximum absolute atomic E-state index is 2.42. The highest BCUT2D eigenvalue weighted by Crippen LogP contribution is 2.53. The Labute approximate surface area is 54.4 Å². The topological polar surface area (TPSA) is 0 Å². The van der Waals surface area contributed by atoms with Gasteiger partial charge in [0.05, 0.1) is 0 Å². The highest BCUT2D eigenvalue weighted by molar-refractivity contribution is 8.08. The first kappa shape index (κ1) is 4.92. The van der Waals surface area contributed by atoms with Gasteiger partial charge in [0.1, 0.15) is 0 Å². The maximum atomic E-state index is 2.42. The van der Waals surface area contributed by atoms with Crippen molar-refractivity contribution in [2.24, 2.45) is 0 Å². The average Bonchev–Trinajstić information content (AvgIpc) is 2.46. The third kappa shape index (κ3) is 0.540. The van der Waals surface area contributed by atoms with Crippen LogP contribution in [0.2, 0.25) is 0 Å². The smallest absolute Gasteiger partial charge is 0.0382 e. The van der Waals surface area contributed by atoms with E-state index in [1.807, 2.05) is 0 Å². The van der Waals surface area contributed by atoms with Gasteiger partial charge in [-0.3, -0.25) is 0 Å². The van der Waals surface area contributed by atoms with Gasteiger partial charge in [-0.1, -0.05) is 18.6 Å². The lowest BCUT2D eigenvalue weighted by molar-refractivity contribution is 1.01. The molecule has 2 aliphatic rings. The van der Waals surface area contributed by atoms with Crippen LogP contribution < -0.4 is 0 Å². The molecule has 0 amide bonds. The van der Waals surface area contributed by atoms with Gasteiger partial charge in [-0.05, 0) is 12.8 Å². The van der Waals surface area contributed by atoms with E-state index in [0.29, 0.717) is 0 Å². The van der Waals surface area contributed by atoms with Crippen LogP contribution in [-0.2, 0) is 0 Å². The van der Waals surface area contributed by atoms with Crippen molar-refractivity contribution in [1.29, 1.82) is 0 Å². The van der Waals surface area contributed by atoms with Gasteiger partial charge in [-0.2, -0.15) is 0 Å². The van der Waals surface area contributed by atoms with E-state index in [1.165, 1.54) is 12.8 Å². The molecule has 2 unspecified atom stereocenters. The van der Waals surface area contributed by atoms with Gasteiger partial charge in [0.2, 0.25) is 0 Å². The molecule has 0 radical (unpaired) electrons. The molecule has 8 heavy (non-hydrogen) atoms. The van der Waals surface area contributed by atoms with Crippen LogP contribution in [0.4, 0.5) is 0 Å². The van der Waals surface area contributed by atoms with E-state index >= 15 is 0 Å². The summed E-state index contributed by atoms with van der Waals surface area (Å²) in [5.74, 6) is 0. The molecule has 2 atom stereocenters. The van der Waals surface area contributed by atoms with Crippen LogP contribution in [0.1, 0.15) is 19.8 Å². The summed E-state index contributed by atoms with van der Waals surface area (Å²) in [7, 11) is 0. The molecule has 1 aliphatic carbocycles. The van der Waals surface area contributed by atoms with Crippen molar-refractivity contribution in [3.8, 4) is 0 Å². The summed E-state index contributed by atoms with van der Waals surface area (Å²) in [4.78, 5) is 0. The zero-order valence-electron chi connectivity index (χ0n) is 5.05. The molecule has 0 N–H and O–H groups in total. The Hall–Kier alpha value is 0.0900. The molecule has 44 valence electrons. The predicted molar refractivity (Wildman–Crippen MR) is 38.2 cm³/mol. The van der Waals surface area contributed by atoms with Crippen molar-refractivity contribution in [2.75, 3.05) is 0 Å².